The van der Waals surface area contributed by atoms with Crippen LogP contribution in [0.25, 0.3) is 56.9 Å². The van der Waals surface area contributed by atoms with Gasteiger partial charge in [-0.05, 0) is 95.5 Å². The van der Waals surface area contributed by atoms with E-state index in [1.165, 1.54) is 11.1 Å². The summed E-state index contributed by atoms with van der Waals surface area (Å²) in [5.74, 6) is 3.10. The Morgan fingerprint density at radius 1 is 0.405 bits per heavy atom. The van der Waals surface area contributed by atoms with Gasteiger partial charge in [-0.1, -0.05) is 76.2 Å². The normalized spacial score (nSPS) is 12.8. The first-order chi connectivity index (χ1) is 20.5. The second-order valence-corrected chi connectivity index (χ2v) is 10.8. The molecule has 2 heterocycles. The number of hydrogen-bond acceptors (Lipinski definition) is 6. The largest absolute Gasteiger partial charge is 0.416 e. The summed E-state index contributed by atoms with van der Waals surface area (Å²) in [7, 11) is 0. The Kier molecular flexibility index (Phi) is 7.78. The maximum atomic E-state index is 6.00. The van der Waals surface area contributed by atoms with Gasteiger partial charge in [0.15, 0.2) is 0 Å². The van der Waals surface area contributed by atoms with Crippen molar-refractivity contribution in [2.45, 2.75) is 52.4 Å². The fourth-order valence-corrected chi connectivity index (χ4v) is 4.90. The number of nitrogens with zero attached hydrogens (tertiary/aromatic N) is 4. The topological polar surface area (TPSA) is 77.8 Å². The van der Waals surface area contributed by atoms with Crippen molar-refractivity contribution >= 4 is 0 Å². The summed E-state index contributed by atoms with van der Waals surface area (Å²) in [6.07, 6.45) is 2.22. The van der Waals surface area contributed by atoms with Crippen molar-refractivity contribution in [1.29, 1.82) is 0 Å². The molecule has 2 atom stereocenters. The zero-order valence-corrected chi connectivity index (χ0v) is 24.4. The highest BCUT2D eigenvalue weighted by Gasteiger charge is 2.14. The third-order valence-electron chi connectivity index (χ3n) is 8.13. The lowest BCUT2D eigenvalue weighted by Crippen LogP contribution is -1.90. The van der Waals surface area contributed by atoms with Crippen molar-refractivity contribution in [2.75, 3.05) is 0 Å². The molecule has 0 aliphatic heterocycles. The predicted molar refractivity (Wildman–Crippen MR) is 167 cm³/mol. The summed E-state index contributed by atoms with van der Waals surface area (Å²) in [5, 5.41) is 17.1. The molecule has 4 aromatic carbocycles. The standard InChI is InChI=1S/C36H34N4O2/c1-5-23(3)25-7-15-29(16-8-25)33-37-39-35(41-33)31-19-11-27(12-20-31)28-13-21-32(22-14-28)36-40-38-34(42-36)30-17-9-26(10-18-30)24(4)6-2/h7-24H,5-6H2,1-4H3. The predicted octanol–water partition coefficient (Wildman–Crippen LogP) is 9.81. The Bertz CT molecular complexity index is 1620. The Labute approximate surface area is 246 Å². The summed E-state index contributed by atoms with van der Waals surface area (Å²) in [4.78, 5) is 0. The van der Waals surface area contributed by atoms with E-state index in [1.54, 1.807) is 0 Å². The Balaban J connectivity index is 1.13. The third-order valence-corrected chi connectivity index (χ3v) is 8.13. The second kappa shape index (κ2) is 12.0. The molecule has 6 heteroatoms. The van der Waals surface area contributed by atoms with Crippen LogP contribution in [0, 0.1) is 0 Å². The van der Waals surface area contributed by atoms with Crippen LogP contribution in [-0.2, 0) is 0 Å². The summed E-state index contributed by atoms with van der Waals surface area (Å²) in [5.41, 5.74) is 8.39. The quantitative estimate of drug-likeness (QED) is 0.177. The molecule has 0 radical (unpaired) electrons. The van der Waals surface area contributed by atoms with Crippen molar-refractivity contribution in [3.63, 3.8) is 0 Å². The lowest BCUT2D eigenvalue weighted by molar-refractivity contribution is 0.584. The summed E-state index contributed by atoms with van der Waals surface area (Å²) < 4.78 is 12.0. The first-order valence-electron chi connectivity index (χ1n) is 14.6. The molecule has 6 nitrogen and oxygen atoms in total. The second-order valence-electron chi connectivity index (χ2n) is 10.8. The van der Waals surface area contributed by atoms with Crippen LogP contribution in [0.5, 0.6) is 0 Å². The van der Waals surface area contributed by atoms with Gasteiger partial charge in [0.25, 0.3) is 0 Å². The zero-order chi connectivity index (χ0) is 29.1. The molecule has 0 N–H and O–H groups in total. The SMILES string of the molecule is CCC(C)c1ccc(-c2nnc(-c3ccc(-c4ccc(-c5nnc(-c6ccc(C(C)CC)cc6)o5)cc4)cc3)o2)cc1. The zero-order valence-electron chi connectivity index (χ0n) is 24.4. The summed E-state index contributed by atoms with van der Waals surface area (Å²) in [6.45, 7) is 8.86. The molecule has 0 saturated heterocycles. The van der Waals surface area contributed by atoms with E-state index in [2.05, 4.69) is 96.6 Å². The first-order valence-corrected chi connectivity index (χ1v) is 14.6. The molecular weight excluding hydrogens is 520 g/mol. The van der Waals surface area contributed by atoms with Crippen molar-refractivity contribution in [3.05, 3.63) is 108 Å². The van der Waals surface area contributed by atoms with E-state index in [4.69, 9.17) is 8.83 Å². The van der Waals surface area contributed by atoms with Gasteiger partial charge in [-0.3, -0.25) is 0 Å². The highest BCUT2D eigenvalue weighted by atomic mass is 16.4. The molecule has 0 fully saturated rings. The van der Waals surface area contributed by atoms with Gasteiger partial charge in [-0.2, -0.15) is 0 Å². The van der Waals surface area contributed by atoms with Crippen LogP contribution in [0.2, 0.25) is 0 Å². The fourth-order valence-electron chi connectivity index (χ4n) is 4.90. The third kappa shape index (κ3) is 5.66. The van der Waals surface area contributed by atoms with Gasteiger partial charge in [0.2, 0.25) is 23.6 Å². The number of rotatable bonds is 9. The fraction of sp³-hybridized carbons (Fsp3) is 0.222. The average Bonchev–Trinajstić information content (AvgIpc) is 3.76. The molecule has 6 aromatic rings. The minimum Gasteiger partial charge on any atom is -0.416 e. The van der Waals surface area contributed by atoms with Gasteiger partial charge in [0, 0.05) is 22.3 Å². The summed E-state index contributed by atoms with van der Waals surface area (Å²) in [6, 6.07) is 33.0. The van der Waals surface area contributed by atoms with Gasteiger partial charge in [0.05, 0.1) is 0 Å². The highest BCUT2D eigenvalue weighted by Crippen LogP contribution is 2.30. The van der Waals surface area contributed by atoms with Crippen LogP contribution in [0.15, 0.2) is 106 Å². The van der Waals surface area contributed by atoms with Gasteiger partial charge in [0.1, 0.15) is 0 Å². The van der Waals surface area contributed by atoms with E-state index in [0.717, 1.165) is 46.2 Å². The van der Waals surface area contributed by atoms with Gasteiger partial charge < -0.3 is 8.83 Å². The lowest BCUT2D eigenvalue weighted by atomic mass is 9.98. The molecule has 0 saturated carbocycles. The molecule has 6 rings (SSSR count). The van der Waals surface area contributed by atoms with Crippen LogP contribution >= 0.6 is 0 Å². The lowest BCUT2D eigenvalue weighted by Gasteiger charge is -2.08. The molecule has 0 bridgehead atoms. The molecule has 0 spiro atoms. The van der Waals surface area contributed by atoms with E-state index in [0.29, 0.717) is 35.4 Å². The van der Waals surface area contributed by atoms with Gasteiger partial charge >= 0.3 is 0 Å². The van der Waals surface area contributed by atoms with Gasteiger partial charge in [-0.15, -0.1) is 20.4 Å². The average molecular weight is 555 g/mol. The van der Waals surface area contributed by atoms with Crippen molar-refractivity contribution in [1.82, 2.24) is 20.4 Å². The highest BCUT2D eigenvalue weighted by molar-refractivity contribution is 5.70. The van der Waals surface area contributed by atoms with Crippen LogP contribution in [0.3, 0.4) is 0 Å². The Morgan fingerprint density at radius 3 is 0.905 bits per heavy atom. The number of benzene rings is 4. The van der Waals surface area contributed by atoms with Crippen LogP contribution in [-0.4, -0.2) is 20.4 Å². The maximum Gasteiger partial charge on any atom is 0.248 e. The van der Waals surface area contributed by atoms with Crippen LogP contribution < -0.4 is 0 Å². The van der Waals surface area contributed by atoms with Gasteiger partial charge in [-0.25, -0.2) is 0 Å². The smallest absolute Gasteiger partial charge is 0.248 e. The molecule has 210 valence electrons. The van der Waals surface area contributed by atoms with Crippen LogP contribution in [0.1, 0.15) is 63.5 Å². The first kappa shape index (κ1) is 27.3. The van der Waals surface area contributed by atoms with E-state index < -0.39 is 0 Å². The minimum atomic E-state index is 0.500. The molecule has 2 aromatic heterocycles. The van der Waals surface area contributed by atoms with E-state index in [1.807, 2.05) is 48.5 Å². The van der Waals surface area contributed by atoms with E-state index in [9.17, 15) is 0 Å². The number of aromatic nitrogens is 4. The van der Waals surface area contributed by atoms with Crippen LogP contribution in [0.4, 0.5) is 0 Å². The number of hydrogen-bond donors (Lipinski definition) is 0. The van der Waals surface area contributed by atoms with Crippen molar-refractivity contribution in [2.24, 2.45) is 0 Å². The maximum absolute atomic E-state index is 6.00. The molecule has 42 heavy (non-hydrogen) atoms. The monoisotopic (exact) mass is 554 g/mol. The molecule has 0 aliphatic rings. The molecule has 0 amide bonds. The van der Waals surface area contributed by atoms with E-state index >= 15 is 0 Å². The van der Waals surface area contributed by atoms with Crippen molar-refractivity contribution < 1.29 is 8.83 Å². The summed E-state index contributed by atoms with van der Waals surface area (Å²) >= 11 is 0. The van der Waals surface area contributed by atoms with E-state index in [-0.39, 0.29) is 0 Å². The molecule has 0 aliphatic carbocycles. The Hall–Kier alpha value is -4.84. The minimum absolute atomic E-state index is 0.500. The van der Waals surface area contributed by atoms with Crippen molar-refractivity contribution in [3.8, 4) is 56.9 Å². The molecular formula is C36H34N4O2. The Morgan fingerprint density at radius 2 is 0.643 bits per heavy atom. The molecule has 2 unspecified atom stereocenters.